The van der Waals surface area contributed by atoms with Gasteiger partial charge in [-0.25, -0.2) is 0 Å². The maximum Gasteiger partial charge on any atom is 0.137 e. The van der Waals surface area contributed by atoms with Crippen LogP contribution in [-0.2, 0) is 0 Å². The monoisotopic (exact) mass is 112 g/mol. The number of aliphatic imine (C=N–C) groups is 2. The fraction of sp³-hybridized carbons (Fsp3) is 0.600. The molecule has 3 heteroatoms. The Balaban J connectivity index is 2.58. The topological polar surface area (TPSA) is 45.0 Å². The number of hydrogen-bond donors (Lipinski definition) is 1. The molecule has 1 aliphatic rings. The van der Waals surface area contributed by atoms with E-state index in [1.54, 1.807) is 6.21 Å². The fourth-order valence-corrected chi connectivity index (χ4v) is 0.582. The Labute approximate surface area is 47.8 Å². The third kappa shape index (κ3) is 0.924. The minimum atomic E-state index is 0.00778. The normalized spacial score (nSPS) is 26.2. The van der Waals surface area contributed by atoms with Gasteiger partial charge in [0.05, 0.1) is 12.3 Å². The molecule has 0 spiro atoms. The maximum absolute atomic E-state index is 8.46. The summed E-state index contributed by atoms with van der Waals surface area (Å²) in [7, 11) is 0. The summed E-state index contributed by atoms with van der Waals surface area (Å²) in [5.74, 6) is 0. The minimum Gasteiger partial charge on any atom is -0.390 e. The third-order valence-electron chi connectivity index (χ3n) is 0.954. The molecule has 3 nitrogen and oxygen atoms in total. The Hall–Kier alpha value is -0.700. The van der Waals surface area contributed by atoms with Gasteiger partial charge in [-0.3, -0.25) is 9.98 Å². The second-order valence-electron chi connectivity index (χ2n) is 1.69. The summed E-state index contributed by atoms with van der Waals surface area (Å²) in [6.45, 7) is 1.88. The lowest BCUT2D eigenvalue weighted by atomic mass is 10.4. The van der Waals surface area contributed by atoms with Gasteiger partial charge in [-0.1, -0.05) is 0 Å². The summed E-state index contributed by atoms with van der Waals surface area (Å²) in [6.07, 6.45) is 1.63. The number of rotatable bonds is 1. The molecule has 1 N–H and O–H groups in total. The lowest BCUT2D eigenvalue weighted by Gasteiger charge is -1.87. The van der Waals surface area contributed by atoms with E-state index in [2.05, 4.69) is 9.98 Å². The molecule has 1 aliphatic heterocycles. The molecule has 0 radical (unpaired) electrons. The first-order chi connectivity index (χ1) is 3.83. The lowest BCUT2D eigenvalue weighted by molar-refractivity contribution is 0.359. The maximum atomic E-state index is 8.46. The van der Waals surface area contributed by atoms with Crippen molar-refractivity contribution in [2.75, 3.05) is 6.61 Å². The Kier molecular flexibility index (Phi) is 1.39. The smallest absolute Gasteiger partial charge is 0.137 e. The van der Waals surface area contributed by atoms with Gasteiger partial charge in [0.1, 0.15) is 6.17 Å². The molecule has 1 heterocycles. The van der Waals surface area contributed by atoms with Gasteiger partial charge < -0.3 is 5.11 Å². The van der Waals surface area contributed by atoms with E-state index in [0.29, 0.717) is 5.71 Å². The predicted octanol–water partition coefficient (Wildman–Crippen LogP) is -0.150. The molecule has 0 saturated carbocycles. The second kappa shape index (κ2) is 2.05. The van der Waals surface area contributed by atoms with Gasteiger partial charge in [0.15, 0.2) is 0 Å². The molecule has 44 valence electrons. The second-order valence-corrected chi connectivity index (χ2v) is 1.69. The van der Waals surface area contributed by atoms with Crippen molar-refractivity contribution in [3.63, 3.8) is 0 Å². The van der Waals surface area contributed by atoms with Crippen LogP contribution in [0, 0.1) is 0 Å². The Bertz CT molecular complexity index is 139. The lowest BCUT2D eigenvalue weighted by Crippen LogP contribution is -2.01. The van der Waals surface area contributed by atoms with E-state index in [0.717, 1.165) is 0 Å². The molecule has 0 aromatic rings. The first-order valence-electron chi connectivity index (χ1n) is 2.53. The van der Waals surface area contributed by atoms with E-state index in [-0.39, 0.29) is 12.8 Å². The van der Waals surface area contributed by atoms with Crippen LogP contribution in [0.25, 0.3) is 0 Å². The zero-order chi connectivity index (χ0) is 5.98. The van der Waals surface area contributed by atoms with Gasteiger partial charge in [-0.05, 0) is 6.92 Å². The highest BCUT2D eigenvalue weighted by Crippen LogP contribution is 1.97. The van der Waals surface area contributed by atoms with Gasteiger partial charge in [-0.2, -0.15) is 0 Å². The largest absolute Gasteiger partial charge is 0.390 e. The van der Waals surface area contributed by atoms with Crippen LogP contribution in [0.1, 0.15) is 6.92 Å². The van der Waals surface area contributed by atoms with Crippen molar-refractivity contribution < 1.29 is 5.11 Å². The van der Waals surface area contributed by atoms with Crippen molar-refractivity contribution in [1.82, 2.24) is 0 Å². The molecule has 1 rings (SSSR count). The van der Waals surface area contributed by atoms with Crippen LogP contribution in [0.15, 0.2) is 9.98 Å². The molecule has 1 atom stereocenters. The highest BCUT2D eigenvalue weighted by molar-refractivity contribution is 6.32. The quantitative estimate of drug-likeness (QED) is 0.503. The zero-order valence-corrected chi connectivity index (χ0v) is 4.70. The molecule has 0 fully saturated rings. The van der Waals surface area contributed by atoms with E-state index in [4.69, 9.17) is 5.11 Å². The van der Waals surface area contributed by atoms with Crippen LogP contribution in [0.3, 0.4) is 0 Å². The van der Waals surface area contributed by atoms with Crippen LogP contribution < -0.4 is 0 Å². The van der Waals surface area contributed by atoms with Crippen molar-refractivity contribution in [3.05, 3.63) is 0 Å². The number of aliphatic hydroxyl groups is 1. The number of nitrogens with zero attached hydrogens (tertiary/aromatic N) is 2. The van der Waals surface area contributed by atoms with Crippen LogP contribution in [0.5, 0.6) is 0 Å². The Morgan fingerprint density at radius 1 is 1.88 bits per heavy atom. The molecule has 8 heavy (non-hydrogen) atoms. The van der Waals surface area contributed by atoms with Crippen LogP contribution in [0.4, 0.5) is 0 Å². The van der Waals surface area contributed by atoms with Crippen molar-refractivity contribution >= 4 is 11.9 Å². The first-order valence-corrected chi connectivity index (χ1v) is 2.53. The SMILES string of the molecule is C[C@H]1N=CC(CO)=N1. The molecule has 0 aromatic carbocycles. The van der Waals surface area contributed by atoms with Crippen molar-refractivity contribution in [2.45, 2.75) is 13.1 Å². The summed E-state index contributed by atoms with van der Waals surface area (Å²) < 4.78 is 0. The average Bonchev–Trinajstić information content (AvgIpc) is 2.14. The highest BCUT2D eigenvalue weighted by atomic mass is 16.3. The summed E-state index contributed by atoms with van der Waals surface area (Å²) in [4.78, 5) is 7.85. The van der Waals surface area contributed by atoms with Gasteiger partial charge in [0.25, 0.3) is 0 Å². The molecular weight excluding hydrogens is 104 g/mol. The predicted molar refractivity (Wildman–Crippen MR) is 32.5 cm³/mol. The van der Waals surface area contributed by atoms with Crippen LogP contribution in [0.2, 0.25) is 0 Å². The van der Waals surface area contributed by atoms with Crippen molar-refractivity contribution in [3.8, 4) is 0 Å². The molecule has 0 bridgehead atoms. The summed E-state index contributed by atoms with van der Waals surface area (Å²) in [6, 6.07) is 0. The van der Waals surface area contributed by atoms with Gasteiger partial charge in [0, 0.05) is 6.21 Å². The summed E-state index contributed by atoms with van der Waals surface area (Å²) >= 11 is 0. The third-order valence-corrected chi connectivity index (χ3v) is 0.954. The van der Waals surface area contributed by atoms with Gasteiger partial charge >= 0.3 is 0 Å². The van der Waals surface area contributed by atoms with E-state index in [1.807, 2.05) is 6.92 Å². The molecule has 0 unspecified atom stereocenters. The van der Waals surface area contributed by atoms with E-state index < -0.39 is 0 Å². The van der Waals surface area contributed by atoms with Crippen molar-refractivity contribution in [1.29, 1.82) is 0 Å². The van der Waals surface area contributed by atoms with E-state index in [1.165, 1.54) is 0 Å². The van der Waals surface area contributed by atoms with Crippen molar-refractivity contribution in [2.24, 2.45) is 9.98 Å². The first kappa shape index (κ1) is 5.44. The Morgan fingerprint density at radius 3 is 2.88 bits per heavy atom. The van der Waals surface area contributed by atoms with Crippen LogP contribution >= 0.6 is 0 Å². The van der Waals surface area contributed by atoms with Gasteiger partial charge in [0.2, 0.25) is 0 Å². The Morgan fingerprint density at radius 2 is 2.62 bits per heavy atom. The summed E-state index contributed by atoms with van der Waals surface area (Å²) in [5.41, 5.74) is 0.678. The molecular formula is C5H8N2O. The highest BCUT2D eigenvalue weighted by Gasteiger charge is 2.03. The molecule has 0 saturated heterocycles. The molecule has 0 aromatic heterocycles. The standard InChI is InChI=1S/C5H8N2O/c1-4-6-2-5(3-8)7-4/h2,4,8H,3H2,1H3/t4-/m0/s1. The molecule has 0 aliphatic carbocycles. The zero-order valence-electron chi connectivity index (χ0n) is 4.70. The fourth-order valence-electron chi connectivity index (χ4n) is 0.582. The van der Waals surface area contributed by atoms with E-state index in [9.17, 15) is 0 Å². The van der Waals surface area contributed by atoms with Crippen LogP contribution in [-0.4, -0.2) is 29.8 Å². The molecule has 0 amide bonds. The number of hydrogen-bond acceptors (Lipinski definition) is 3. The average molecular weight is 112 g/mol. The summed E-state index contributed by atoms with van der Waals surface area (Å²) in [5, 5.41) is 8.46. The minimum absolute atomic E-state index is 0.00778. The number of aliphatic hydroxyl groups excluding tert-OH is 1. The van der Waals surface area contributed by atoms with Gasteiger partial charge in [-0.15, -0.1) is 0 Å². The van der Waals surface area contributed by atoms with E-state index >= 15 is 0 Å².